The van der Waals surface area contributed by atoms with E-state index in [1.807, 2.05) is 30.3 Å². The third-order valence-corrected chi connectivity index (χ3v) is 5.35. The molecule has 0 aliphatic carbocycles. The number of rotatable bonds is 8. The largest absolute Gasteiger partial charge is 0.497 e. The van der Waals surface area contributed by atoms with Crippen LogP contribution in [0.1, 0.15) is 11.4 Å². The molecule has 1 saturated heterocycles. The van der Waals surface area contributed by atoms with Crippen LogP contribution in [0.25, 0.3) is 6.08 Å². The third kappa shape index (κ3) is 6.26. The number of benzene rings is 2. The molecule has 4 rings (SSSR count). The van der Waals surface area contributed by atoms with Crippen molar-refractivity contribution in [2.75, 3.05) is 50.9 Å². The van der Waals surface area contributed by atoms with Crippen molar-refractivity contribution in [3.05, 3.63) is 72.1 Å². The molecule has 3 N–H and O–H groups in total. The maximum Gasteiger partial charge on any atom is 0.232 e. The Morgan fingerprint density at radius 2 is 1.66 bits per heavy atom. The van der Waals surface area contributed by atoms with E-state index in [-0.39, 0.29) is 5.95 Å². The van der Waals surface area contributed by atoms with Crippen LogP contribution < -0.4 is 15.8 Å². The van der Waals surface area contributed by atoms with E-state index in [0.717, 1.165) is 44.2 Å². The molecule has 0 atom stereocenters. The molecule has 2 aromatic carbocycles. The van der Waals surface area contributed by atoms with Gasteiger partial charge in [-0.15, -0.1) is 0 Å². The van der Waals surface area contributed by atoms with Crippen molar-refractivity contribution in [3.63, 3.8) is 0 Å². The topological polar surface area (TPSA) is 92.4 Å². The number of anilines is 3. The second-order valence-electron chi connectivity index (χ2n) is 7.68. The zero-order valence-corrected chi connectivity index (χ0v) is 18.3. The Bertz CT molecular complexity index is 1020. The van der Waals surface area contributed by atoms with Gasteiger partial charge in [0.25, 0.3) is 0 Å². The minimum atomic E-state index is 0.218. The number of ether oxygens (including phenoxy) is 1. The molecule has 0 radical (unpaired) electrons. The van der Waals surface area contributed by atoms with Gasteiger partial charge in [0.15, 0.2) is 0 Å². The van der Waals surface area contributed by atoms with Gasteiger partial charge in [-0.2, -0.15) is 15.0 Å². The Balaban J connectivity index is 1.28. The highest BCUT2D eigenvalue weighted by molar-refractivity contribution is 5.55. The molecule has 32 heavy (non-hydrogen) atoms. The average molecular weight is 432 g/mol. The van der Waals surface area contributed by atoms with Gasteiger partial charge in [0, 0.05) is 38.4 Å². The highest BCUT2D eigenvalue weighted by Gasteiger charge is 2.17. The molecule has 0 bridgehead atoms. The summed E-state index contributed by atoms with van der Waals surface area (Å²) in [5, 5.41) is 3.19. The summed E-state index contributed by atoms with van der Waals surface area (Å²) in [6.45, 7) is 5.56. The molecule has 1 aliphatic rings. The second kappa shape index (κ2) is 10.7. The fourth-order valence-electron chi connectivity index (χ4n) is 3.60. The number of nitrogens with one attached hydrogen (secondary N) is 1. The van der Waals surface area contributed by atoms with Gasteiger partial charge in [-0.3, -0.25) is 9.80 Å². The molecular formula is C24H29N7O. The van der Waals surface area contributed by atoms with Crippen molar-refractivity contribution in [1.82, 2.24) is 24.8 Å². The van der Waals surface area contributed by atoms with E-state index >= 15 is 0 Å². The van der Waals surface area contributed by atoms with E-state index in [1.165, 1.54) is 5.56 Å². The Morgan fingerprint density at radius 3 is 2.38 bits per heavy atom. The normalized spacial score (nSPS) is 15.2. The molecule has 0 spiro atoms. The molecule has 166 valence electrons. The number of nitrogens with two attached hydrogens (primary N) is 1. The lowest BCUT2D eigenvalue weighted by atomic mass is 10.2. The minimum Gasteiger partial charge on any atom is -0.497 e. The Kier molecular flexibility index (Phi) is 7.27. The Labute approximate surface area is 188 Å². The minimum absolute atomic E-state index is 0.218. The zero-order chi connectivity index (χ0) is 22.2. The molecule has 8 nitrogen and oxygen atoms in total. The fraction of sp³-hybridized carbons (Fsp3) is 0.292. The van der Waals surface area contributed by atoms with Crippen molar-refractivity contribution in [3.8, 4) is 5.75 Å². The summed E-state index contributed by atoms with van der Waals surface area (Å²) in [6, 6.07) is 18.0. The first-order valence-corrected chi connectivity index (χ1v) is 10.8. The summed E-state index contributed by atoms with van der Waals surface area (Å²) < 4.78 is 5.19. The summed E-state index contributed by atoms with van der Waals surface area (Å²) in [5.74, 6) is 2.13. The average Bonchev–Trinajstić information content (AvgIpc) is 2.81. The number of nitrogen functional groups attached to an aromatic ring is 1. The van der Waals surface area contributed by atoms with Gasteiger partial charge in [0.05, 0.1) is 13.7 Å². The molecule has 1 aliphatic heterocycles. The molecule has 1 fully saturated rings. The fourth-order valence-corrected chi connectivity index (χ4v) is 3.60. The standard InChI is InChI=1S/C24H29N7O/c1-32-21-11-9-20(10-12-21)26-24-28-22(27-23(25)29-24)18-31-16-14-30(15-17-31)13-5-8-19-6-3-2-4-7-19/h2-12H,13-18H2,1H3,(H3,25,26,27,28,29). The number of hydrogen-bond donors (Lipinski definition) is 2. The highest BCUT2D eigenvalue weighted by atomic mass is 16.5. The maximum atomic E-state index is 5.93. The lowest BCUT2D eigenvalue weighted by molar-refractivity contribution is 0.134. The van der Waals surface area contributed by atoms with Gasteiger partial charge >= 0.3 is 0 Å². The Morgan fingerprint density at radius 1 is 0.938 bits per heavy atom. The lowest BCUT2D eigenvalue weighted by Crippen LogP contribution is -2.46. The van der Waals surface area contributed by atoms with E-state index in [1.54, 1.807) is 7.11 Å². The number of methoxy groups -OCH3 is 1. The smallest absolute Gasteiger partial charge is 0.232 e. The first-order valence-electron chi connectivity index (χ1n) is 10.8. The van der Waals surface area contributed by atoms with Crippen LogP contribution in [0.15, 0.2) is 60.7 Å². The van der Waals surface area contributed by atoms with Gasteiger partial charge in [-0.1, -0.05) is 42.5 Å². The van der Waals surface area contributed by atoms with Crippen LogP contribution in [-0.2, 0) is 6.54 Å². The zero-order valence-electron chi connectivity index (χ0n) is 18.3. The van der Waals surface area contributed by atoms with Crippen LogP contribution in [0.5, 0.6) is 5.75 Å². The van der Waals surface area contributed by atoms with Crippen LogP contribution in [0, 0.1) is 0 Å². The van der Waals surface area contributed by atoms with E-state index in [0.29, 0.717) is 18.3 Å². The number of hydrogen-bond acceptors (Lipinski definition) is 8. The molecular weight excluding hydrogens is 402 g/mol. The van der Waals surface area contributed by atoms with Crippen molar-refractivity contribution < 1.29 is 4.74 Å². The summed E-state index contributed by atoms with van der Waals surface area (Å²) in [7, 11) is 1.64. The molecule has 8 heteroatoms. The second-order valence-corrected chi connectivity index (χ2v) is 7.68. The van der Waals surface area contributed by atoms with E-state index in [9.17, 15) is 0 Å². The number of nitrogens with zero attached hydrogens (tertiary/aromatic N) is 5. The van der Waals surface area contributed by atoms with Gasteiger partial charge < -0.3 is 15.8 Å². The predicted molar refractivity (Wildman–Crippen MR) is 128 cm³/mol. The summed E-state index contributed by atoms with van der Waals surface area (Å²) in [6.07, 6.45) is 4.41. The molecule has 0 saturated carbocycles. The highest BCUT2D eigenvalue weighted by Crippen LogP contribution is 2.18. The lowest BCUT2D eigenvalue weighted by Gasteiger charge is -2.33. The van der Waals surface area contributed by atoms with Crippen LogP contribution in [0.3, 0.4) is 0 Å². The van der Waals surface area contributed by atoms with Gasteiger partial charge in [0.2, 0.25) is 11.9 Å². The third-order valence-electron chi connectivity index (χ3n) is 5.35. The van der Waals surface area contributed by atoms with E-state index < -0.39 is 0 Å². The molecule has 1 aromatic heterocycles. The Hall–Kier alpha value is -3.49. The van der Waals surface area contributed by atoms with E-state index in [2.05, 4.69) is 66.5 Å². The summed E-state index contributed by atoms with van der Waals surface area (Å²) in [4.78, 5) is 17.9. The maximum absolute atomic E-state index is 5.93. The quantitative estimate of drug-likeness (QED) is 0.562. The van der Waals surface area contributed by atoms with Crippen LogP contribution in [-0.4, -0.2) is 64.6 Å². The first kappa shape index (κ1) is 21.7. The van der Waals surface area contributed by atoms with Gasteiger partial charge in [-0.05, 0) is 29.8 Å². The molecule has 0 unspecified atom stereocenters. The van der Waals surface area contributed by atoms with Gasteiger partial charge in [-0.25, -0.2) is 0 Å². The monoisotopic (exact) mass is 431 g/mol. The predicted octanol–water partition coefficient (Wildman–Crippen LogP) is 3.04. The molecule has 2 heterocycles. The summed E-state index contributed by atoms with van der Waals surface area (Å²) >= 11 is 0. The van der Waals surface area contributed by atoms with Crippen LogP contribution in [0.2, 0.25) is 0 Å². The number of aromatic nitrogens is 3. The van der Waals surface area contributed by atoms with Crippen molar-refractivity contribution >= 4 is 23.7 Å². The van der Waals surface area contributed by atoms with Crippen molar-refractivity contribution in [2.45, 2.75) is 6.54 Å². The summed E-state index contributed by atoms with van der Waals surface area (Å²) in [5.41, 5.74) is 8.03. The van der Waals surface area contributed by atoms with Crippen LogP contribution >= 0.6 is 0 Å². The van der Waals surface area contributed by atoms with Gasteiger partial charge in [0.1, 0.15) is 11.6 Å². The molecule has 3 aromatic rings. The van der Waals surface area contributed by atoms with Crippen molar-refractivity contribution in [2.24, 2.45) is 0 Å². The van der Waals surface area contributed by atoms with Crippen LogP contribution in [0.4, 0.5) is 17.6 Å². The molecule has 0 amide bonds. The SMILES string of the molecule is COc1ccc(Nc2nc(N)nc(CN3CCN(CC=Cc4ccccc4)CC3)n2)cc1. The van der Waals surface area contributed by atoms with E-state index in [4.69, 9.17) is 10.5 Å². The first-order chi connectivity index (χ1) is 15.7. The number of piperazine rings is 1. The van der Waals surface area contributed by atoms with Crippen molar-refractivity contribution in [1.29, 1.82) is 0 Å².